The zero-order valence-corrected chi connectivity index (χ0v) is 27.3. The van der Waals surface area contributed by atoms with Crippen molar-refractivity contribution in [3.8, 4) is 28.1 Å². The Morgan fingerprint density at radius 2 is 1.08 bits per heavy atom. The molecule has 49 heavy (non-hydrogen) atoms. The lowest BCUT2D eigenvalue weighted by Crippen LogP contribution is -2.15. The fourth-order valence-corrected chi connectivity index (χ4v) is 8.79. The predicted molar refractivity (Wildman–Crippen MR) is 206 cm³/mol. The number of hydrogen-bond donors (Lipinski definition) is 0. The summed E-state index contributed by atoms with van der Waals surface area (Å²) in [6.45, 7) is 4.73. The summed E-state index contributed by atoms with van der Waals surface area (Å²) >= 11 is 0. The Balaban J connectivity index is 1.15. The lowest BCUT2D eigenvalue weighted by molar-refractivity contribution is 0.630. The summed E-state index contributed by atoms with van der Waals surface area (Å²) in [6, 6.07) is 55.7. The van der Waals surface area contributed by atoms with Gasteiger partial charge in [0.05, 0.1) is 11.0 Å². The van der Waals surface area contributed by atoms with E-state index in [1.165, 1.54) is 82.1 Å². The first-order valence-electron chi connectivity index (χ1n) is 17.1. The lowest BCUT2D eigenvalue weighted by Gasteiger charge is -2.22. The van der Waals surface area contributed by atoms with Gasteiger partial charge in [0, 0.05) is 32.8 Å². The number of aromatic nitrogens is 1. The highest BCUT2D eigenvalue weighted by atomic mass is 16.3. The number of para-hydroxylation sites is 2. The average Bonchev–Trinajstić information content (AvgIpc) is 3.79. The summed E-state index contributed by atoms with van der Waals surface area (Å²) in [6.07, 6.45) is 0. The number of hydrogen-bond acceptors (Lipinski definition) is 1. The molecule has 0 saturated carbocycles. The first-order chi connectivity index (χ1) is 24.0. The number of benzene rings is 8. The second kappa shape index (κ2) is 9.49. The van der Waals surface area contributed by atoms with Crippen LogP contribution in [-0.2, 0) is 5.41 Å². The third kappa shape index (κ3) is 3.61. The highest BCUT2D eigenvalue weighted by molar-refractivity contribution is 6.25. The molecule has 8 aromatic carbocycles. The monoisotopic (exact) mass is 625 g/mol. The van der Waals surface area contributed by atoms with Crippen LogP contribution in [0.5, 0.6) is 0 Å². The van der Waals surface area contributed by atoms with Crippen molar-refractivity contribution in [3.63, 3.8) is 0 Å². The van der Waals surface area contributed by atoms with Crippen LogP contribution in [0, 0.1) is 0 Å². The van der Waals surface area contributed by atoms with Crippen LogP contribution in [-0.4, -0.2) is 4.57 Å². The molecular formula is C47H31NO. The highest BCUT2D eigenvalue weighted by Crippen LogP contribution is 2.52. The van der Waals surface area contributed by atoms with Gasteiger partial charge in [-0.15, -0.1) is 0 Å². The second-order valence-electron chi connectivity index (χ2n) is 14.1. The van der Waals surface area contributed by atoms with Gasteiger partial charge in [-0.3, -0.25) is 0 Å². The van der Waals surface area contributed by atoms with E-state index in [-0.39, 0.29) is 5.41 Å². The molecule has 11 rings (SSSR count). The highest BCUT2D eigenvalue weighted by Gasteiger charge is 2.37. The summed E-state index contributed by atoms with van der Waals surface area (Å²) in [4.78, 5) is 0. The molecule has 0 unspecified atom stereocenters. The minimum atomic E-state index is -0.180. The maximum Gasteiger partial charge on any atom is 0.135 e. The minimum Gasteiger partial charge on any atom is -0.456 e. The van der Waals surface area contributed by atoms with Crippen molar-refractivity contribution in [2.45, 2.75) is 19.3 Å². The van der Waals surface area contributed by atoms with Gasteiger partial charge in [-0.05, 0) is 103 Å². The molecule has 2 nitrogen and oxygen atoms in total. The second-order valence-corrected chi connectivity index (χ2v) is 14.1. The molecular weight excluding hydrogens is 595 g/mol. The van der Waals surface area contributed by atoms with Crippen molar-refractivity contribution in [3.05, 3.63) is 163 Å². The molecule has 0 spiro atoms. The van der Waals surface area contributed by atoms with Crippen molar-refractivity contribution >= 4 is 65.1 Å². The molecule has 0 fully saturated rings. The van der Waals surface area contributed by atoms with Gasteiger partial charge < -0.3 is 8.98 Å². The molecule has 1 aliphatic rings. The van der Waals surface area contributed by atoms with Crippen LogP contribution in [0.4, 0.5) is 0 Å². The topological polar surface area (TPSA) is 18.1 Å². The maximum absolute atomic E-state index is 6.30. The van der Waals surface area contributed by atoms with E-state index in [9.17, 15) is 0 Å². The van der Waals surface area contributed by atoms with Crippen LogP contribution in [0.25, 0.3) is 93.2 Å². The molecule has 0 radical (unpaired) electrons. The van der Waals surface area contributed by atoms with Gasteiger partial charge in [0.15, 0.2) is 0 Å². The summed E-state index contributed by atoms with van der Waals surface area (Å²) < 4.78 is 8.78. The van der Waals surface area contributed by atoms with Crippen molar-refractivity contribution in [2.24, 2.45) is 0 Å². The molecule has 1 aliphatic carbocycles. The molecule has 10 aromatic rings. The van der Waals surface area contributed by atoms with E-state index in [1.807, 2.05) is 12.1 Å². The summed E-state index contributed by atoms with van der Waals surface area (Å²) in [5.41, 5.74) is 10.8. The minimum absolute atomic E-state index is 0.180. The molecule has 0 N–H and O–H groups in total. The zero-order chi connectivity index (χ0) is 32.4. The SMILES string of the molecule is CC1(C)c2cc(-c3cc4ccccc4o3)ccc2-c2cc3c4ccccc4n(-c4ccc5c6ccccc6c6ccccc6c5c4)c3cc21. The molecule has 0 saturated heterocycles. The summed E-state index contributed by atoms with van der Waals surface area (Å²) in [5.74, 6) is 0.912. The van der Waals surface area contributed by atoms with Crippen LogP contribution in [0.1, 0.15) is 25.0 Å². The Labute approximate surface area is 283 Å². The Morgan fingerprint density at radius 1 is 0.449 bits per heavy atom. The zero-order valence-electron chi connectivity index (χ0n) is 27.3. The molecule has 0 aliphatic heterocycles. The number of fused-ring (bicyclic) bond motifs is 13. The largest absolute Gasteiger partial charge is 0.456 e. The third-order valence-corrected chi connectivity index (χ3v) is 11.2. The first-order valence-corrected chi connectivity index (χ1v) is 17.1. The van der Waals surface area contributed by atoms with Gasteiger partial charge in [-0.2, -0.15) is 0 Å². The Morgan fingerprint density at radius 3 is 1.84 bits per heavy atom. The van der Waals surface area contributed by atoms with E-state index in [4.69, 9.17) is 4.42 Å². The molecule has 2 heteroatoms. The molecule has 0 amide bonds. The lowest BCUT2D eigenvalue weighted by atomic mass is 9.81. The normalized spacial score (nSPS) is 13.7. The van der Waals surface area contributed by atoms with E-state index >= 15 is 0 Å². The fourth-order valence-electron chi connectivity index (χ4n) is 8.79. The van der Waals surface area contributed by atoms with Crippen LogP contribution in [0.2, 0.25) is 0 Å². The average molecular weight is 626 g/mol. The van der Waals surface area contributed by atoms with Gasteiger partial charge in [-0.25, -0.2) is 0 Å². The summed E-state index contributed by atoms with van der Waals surface area (Å²) in [5, 5.41) is 11.4. The summed E-state index contributed by atoms with van der Waals surface area (Å²) in [7, 11) is 0. The van der Waals surface area contributed by atoms with E-state index in [0.29, 0.717) is 0 Å². The van der Waals surface area contributed by atoms with E-state index in [1.54, 1.807) is 0 Å². The van der Waals surface area contributed by atoms with E-state index in [2.05, 4.69) is 158 Å². The van der Waals surface area contributed by atoms with Gasteiger partial charge in [0.2, 0.25) is 0 Å². The molecule has 0 atom stereocenters. The van der Waals surface area contributed by atoms with Crippen molar-refractivity contribution in [1.29, 1.82) is 0 Å². The van der Waals surface area contributed by atoms with Crippen molar-refractivity contribution in [2.75, 3.05) is 0 Å². The molecule has 230 valence electrons. The van der Waals surface area contributed by atoms with Crippen LogP contribution >= 0.6 is 0 Å². The van der Waals surface area contributed by atoms with Gasteiger partial charge in [-0.1, -0.05) is 117 Å². The Bertz CT molecular complexity index is 2960. The van der Waals surface area contributed by atoms with E-state index < -0.39 is 0 Å². The van der Waals surface area contributed by atoms with Crippen LogP contribution < -0.4 is 0 Å². The first kappa shape index (κ1) is 26.9. The quantitative estimate of drug-likeness (QED) is 0.175. The van der Waals surface area contributed by atoms with Gasteiger partial charge in [0.1, 0.15) is 11.3 Å². The van der Waals surface area contributed by atoms with Crippen LogP contribution in [0.15, 0.2) is 156 Å². The van der Waals surface area contributed by atoms with Crippen LogP contribution in [0.3, 0.4) is 0 Å². The molecule has 2 heterocycles. The Kier molecular flexibility index (Phi) is 5.21. The van der Waals surface area contributed by atoms with Crippen molar-refractivity contribution in [1.82, 2.24) is 4.57 Å². The number of nitrogens with zero attached hydrogens (tertiary/aromatic N) is 1. The predicted octanol–water partition coefficient (Wildman–Crippen LogP) is 13.0. The molecule has 2 aromatic heterocycles. The number of rotatable bonds is 2. The third-order valence-electron chi connectivity index (χ3n) is 11.2. The smallest absolute Gasteiger partial charge is 0.135 e. The molecule has 0 bridgehead atoms. The van der Waals surface area contributed by atoms with Crippen molar-refractivity contribution < 1.29 is 4.42 Å². The Hall–Kier alpha value is -6.12. The standard InChI is InChI=1S/C47H31NO/c1-47(2)41-23-29(46-24-28-11-3-10-18-45(28)49-46)19-21-36(41)39-26-40-37-16-8-9-17-43(37)48(44(40)27-42(39)47)30-20-22-35-33-14-5-4-12-31(33)32-13-6-7-15-34(32)38(35)25-30/h3-27H,1-2H3. The van der Waals surface area contributed by atoms with Gasteiger partial charge >= 0.3 is 0 Å². The van der Waals surface area contributed by atoms with E-state index in [0.717, 1.165) is 22.3 Å². The number of furan rings is 1. The van der Waals surface area contributed by atoms with Gasteiger partial charge in [0.25, 0.3) is 0 Å². The maximum atomic E-state index is 6.30. The fraction of sp³-hybridized carbons (Fsp3) is 0.0638.